The van der Waals surface area contributed by atoms with Crippen LogP contribution in [0.25, 0.3) is 0 Å². The summed E-state index contributed by atoms with van der Waals surface area (Å²) in [4.78, 5) is 9.37. The van der Waals surface area contributed by atoms with Crippen molar-refractivity contribution in [3.8, 4) is 0 Å². The lowest BCUT2D eigenvalue weighted by molar-refractivity contribution is -0.112. The van der Waals surface area contributed by atoms with Gasteiger partial charge in [-0.15, -0.1) is 0 Å². The van der Waals surface area contributed by atoms with Gasteiger partial charge in [-0.3, -0.25) is 0 Å². The van der Waals surface area contributed by atoms with Crippen molar-refractivity contribution >= 4 is 5.82 Å². The number of nitrogens with zero attached hydrogens (tertiary/aromatic N) is 2. The molecule has 114 valence electrons. The highest BCUT2D eigenvalue weighted by atomic mass is 15.0. The molecule has 4 aliphatic carbocycles. The van der Waals surface area contributed by atoms with E-state index >= 15 is 0 Å². The average molecular weight is 286 g/mol. The molecular weight excluding hydrogens is 260 g/mol. The topological polar surface area (TPSA) is 77.8 Å². The van der Waals surface area contributed by atoms with Gasteiger partial charge in [-0.1, -0.05) is 13.8 Å². The Labute approximate surface area is 126 Å². The lowest BCUT2D eigenvalue weighted by Crippen LogP contribution is -2.57. The third-order valence-corrected chi connectivity index (χ3v) is 6.22. The van der Waals surface area contributed by atoms with E-state index in [0.29, 0.717) is 23.2 Å². The maximum atomic E-state index is 6.09. The van der Waals surface area contributed by atoms with Crippen LogP contribution >= 0.6 is 0 Å². The summed E-state index contributed by atoms with van der Waals surface area (Å²) < 4.78 is 0. The van der Waals surface area contributed by atoms with Crippen LogP contribution in [0.2, 0.25) is 0 Å². The van der Waals surface area contributed by atoms with E-state index in [0.717, 1.165) is 17.3 Å². The average Bonchev–Trinajstić information content (AvgIpc) is 2.34. The Kier molecular flexibility index (Phi) is 2.56. The van der Waals surface area contributed by atoms with Gasteiger partial charge in [-0.25, -0.2) is 9.97 Å². The van der Waals surface area contributed by atoms with Crippen molar-refractivity contribution in [3.63, 3.8) is 0 Å². The van der Waals surface area contributed by atoms with Crippen molar-refractivity contribution < 1.29 is 0 Å². The van der Waals surface area contributed by atoms with E-state index < -0.39 is 0 Å². The molecule has 0 aromatic carbocycles. The zero-order chi connectivity index (χ0) is 14.9. The fraction of sp³-hybridized carbons (Fsp3) is 0.765. The summed E-state index contributed by atoms with van der Waals surface area (Å²) in [7, 11) is 0. The molecule has 0 aliphatic heterocycles. The molecule has 0 saturated heterocycles. The molecule has 4 N–H and O–H groups in total. The summed E-state index contributed by atoms with van der Waals surface area (Å²) in [6.07, 6.45) is 9.71. The standard InChI is InChI=1S/C17H26N4/c1-15-3-11-4-16(2,8-15)10-17(5-11,9-15)14-20-7-12(6-18)13(19)21-14/h7,11H,3-6,8-10,18H2,1-2H3,(H2,19,20,21). The first-order valence-corrected chi connectivity index (χ1v) is 8.17. The summed E-state index contributed by atoms with van der Waals surface area (Å²) in [5.41, 5.74) is 13.7. The molecule has 4 nitrogen and oxygen atoms in total. The molecule has 2 atom stereocenters. The molecular formula is C17H26N4. The molecule has 4 aliphatic rings. The number of rotatable bonds is 2. The van der Waals surface area contributed by atoms with Crippen molar-refractivity contribution in [2.24, 2.45) is 22.5 Å². The SMILES string of the molecule is CC12CC3CC(C)(C1)CC(c1ncc(CN)c(N)n1)(C3)C2. The van der Waals surface area contributed by atoms with Crippen LogP contribution in [-0.2, 0) is 12.0 Å². The minimum absolute atomic E-state index is 0.157. The fourth-order valence-electron chi connectivity index (χ4n) is 6.53. The number of anilines is 1. The van der Waals surface area contributed by atoms with E-state index in [1.54, 1.807) is 0 Å². The number of hydrogen-bond donors (Lipinski definition) is 2. The first-order valence-electron chi connectivity index (χ1n) is 8.17. The van der Waals surface area contributed by atoms with Crippen LogP contribution < -0.4 is 11.5 Å². The smallest absolute Gasteiger partial charge is 0.136 e. The highest BCUT2D eigenvalue weighted by Crippen LogP contribution is 2.69. The molecule has 1 aromatic heterocycles. The minimum atomic E-state index is 0.157. The van der Waals surface area contributed by atoms with E-state index in [2.05, 4.69) is 18.8 Å². The molecule has 4 fully saturated rings. The fourth-order valence-corrected chi connectivity index (χ4v) is 6.53. The quantitative estimate of drug-likeness (QED) is 0.876. The van der Waals surface area contributed by atoms with Crippen LogP contribution in [0.4, 0.5) is 5.82 Å². The predicted molar refractivity (Wildman–Crippen MR) is 83.4 cm³/mol. The molecule has 1 aromatic rings. The Balaban J connectivity index is 1.79. The molecule has 2 unspecified atom stereocenters. The van der Waals surface area contributed by atoms with Crippen LogP contribution in [-0.4, -0.2) is 9.97 Å². The summed E-state index contributed by atoms with van der Waals surface area (Å²) in [6, 6.07) is 0. The third-order valence-electron chi connectivity index (χ3n) is 6.22. The molecule has 0 amide bonds. The van der Waals surface area contributed by atoms with Gasteiger partial charge in [0.2, 0.25) is 0 Å². The van der Waals surface area contributed by atoms with Crippen LogP contribution in [0.3, 0.4) is 0 Å². The Hall–Kier alpha value is -1.16. The monoisotopic (exact) mass is 286 g/mol. The van der Waals surface area contributed by atoms with E-state index in [9.17, 15) is 0 Å². The maximum Gasteiger partial charge on any atom is 0.136 e. The lowest BCUT2D eigenvalue weighted by atomic mass is 9.40. The van der Waals surface area contributed by atoms with E-state index in [4.69, 9.17) is 16.5 Å². The van der Waals surface area contributed by atoms with Crippen LogP contribution in [0, 0.1) is 16.7 Å². The number of nitrogens with two attached hydrogens (primary N) is 2. The number of nitrogen functional groups attached to an aromatic ring is 1. The molecule has 4 heteroatoms. The first kappa shape index (κ1) is 13.5. The zero-order valence-electron chi connectivity index (χ0n) is 13.2. The zero-order valence-corrected chi connectivity index (χ0v) is 13.2. The van der Waals surface area contributed by atoms with Gasteiger partial charge in [0, 0.05) is 23.7 Å². The van der Waals surface area contributed by atoms with Crippen molar-refractivity contribution in [3.05, 3.63) is 17.6 Å². The Bertz CT molecular complexity index is 578. The van der Waals surface area contributed by atoms with Gasteiger partial charge in [-0.05, 0) is 55.3 Å². The molecule has 4 saturated carbocycles. The van der Waals surface area contributed by atoms with Crippen LogP contribution in [0.5, 0.6) is 0 Å². The van der Waals surface area contributed by atoms with Gasteiger partial charge in [0.1, 0.15) is 11.6 Å². The van der Waals surface area contributed by atoms with E-state index in [1.165, 1.54) is 38.5 Å². The molecule has 1 heterocycles. The molecule has 4 bridgehead atoms. The maximum absolute atomic E-state index is 6.09. The summed E-state index contributed by atoms with van der Waals surface area (Å²) in [6.45, 7) is 5.36. The molecule has 5 rings (SSSR count). The Morgan fingerprint density at radius 1 is 1.14 bits per heavy atom. The van der Waals surface area contributed by atoms with Gasteiger partial charge in [0.05, 0.1) is 0 Å². The lowest BCUT2D eigenvalue weighted by Gasteiger charge is -2.64. The Morgan fingerprint density at radius 2 is 1.81 bits per heavy atom. The summed E-state index contributed by atoms with van der Waals surface area (Å²) in [5, 5.41) is 0. The number of aromatic nitrogens is 2. The second kappa shape index (κ2) is 3.97. The largest absolute Gasteiger partial charge is 0.383 e. The van der Waals surface area contributed by atoms with Gasteiger partial charge in [0.15, 0.2) is 0 Å². The summed E-state index contributed by atoms with van der Waals surface area (Å²) in [5.74, 6) is 2.41. The van der Waals surface area contributed by atoms with Gasteiger partial charge in [0.25, 0.3) is 0 Å². The highest BCUT2D eigenvalue weighted by molar-refractivity contribution is 5.39. The third kappa shape index (κ3) is 1.91. The van der Waals surface area contributed by atoms with Gasteiger partial charge in [-0.2, -0.15) is 0 Å². The van der Waals surface area contributed by atoms with E-state index in [-0.39, 0.29) is 5.41 Å². The Morgan fingerprint density at radius 3 is 2.33 bits per heavy atom. The van der Waals surface area contributed by atoms with E-state index in [1.807, 2.05) is 6.20 Å². The second-order valence-electron chi connectivity index (χ2n) is 8.72. The van der Waals surface area contributed by atoms with Crippen molar-refractivity contribution in [2.45, 2.75) is 64.3 Å². The van der Waals surface area contributed by atoms with Crippen LogP contribution in [0.15, 0.2) is 6.20 Å². The first-order chi connectivity index (χ1) is 9.85. The van der Waals surface area contributed by atoms with Crippen molar-refractivity contribution in [2.75, 3.05) is 5.73 Å². The normalized spacial score (nSPS) is 44.2. The molecule has 21 heavy (non-hydrogen) atoms. The second-order valence-corrected chi connectivity index (χ2v) is 8.72. The van der Waals surface area contributed by atoms with Crippen LogP contribution in [0.1, 0.15) is 63.8 Å². The van der Waals surface area contributed by atoms with Gasteiger partial charge >= 0.3 is 0 Å². The molecule has 0 spiro atoms. The predicted octanol–water partition coefficient (Wildman–Crippen LogP) is 2.77. The van der Waals surface area contributed by atoms with Crippen molar-refractivity contribution in [1.82, 2.24) is 9.97 Å². The number of hydrogen-bond acceptors (Lipinski definition) is 4. The summed E-state index contributed by atoms with van der Waals surface area (Å²) >= 11 is 0. The van der Waals surface area contributed by atoms with Crippen molar-refractivity contribution in [1.29, 1.82) is 0 Å². The van der Waals surface area contributed by atoms with Gasteiger partial charge < -0.3 is 11.5 Å². The molecule has 0 radical (unpaired) electrons. The highest BCUT2D eigenvalue weighted by Gasteiger charge is 2.61. The minimum Gasteiger partial charge on any atom is -0.383 e.